The summed E-state index contributed by atoms with van der Waals surface area (Å²) >= 11 is 1.65. The van der Waals surface area contributed by atoms with E-state index in [0.717, 1.165) is 21.6 Å². The third-order valence-electron chi connectivity index (χ3n) is 3.87. The van der Waals surface area contributed by atoms with Gasteiger partial charge in [-0.15, -0.1) is 11.8 Å². The zero-order valence-corrected chi connectivity index (χ0v) is 14.4. The van der Waals surface area contributed by atoms with Crippen LogP contribution in [0.25, 0.3) is 0 Å². The first kappa shape index (κ1) is 16.1. The van der Waals surface area contributed by atoms with E-state index in [1.165, 1.54) is 0 Å². The molecule has 0 fully saturated rings. The van der Waals surface area contributed by atoms with Gasteiger partial charge in [0, 0.05) is 10.5 Å². The van der Waals surface area contributed by atoms with Gasteiger partial charge in [0.1, 0.15) is 12.7 Å². The average molecular weight is 327 g/mol. The molecule has 0 bridgehead atoms. The molecule has 0 saturated heterocycles. The number of ether oxygens (including phenoxy) is 1. The molecule has 1 heterocycles. The molecule has 0 aliphatic carbocycles. The van der Waals surface area contributed by atoms with Gasteiger partial charge >= 0.3 is 0 Å². The molecule has 23 heavy (non-hydrogen) atoms. The van der Waals surface area contributed by atoms with Gasteiger partial charge in [-0.05, 0) is 49.4 Å². The Bertz CT molecular complexity index is 725. The van der Waals surface area contributed by atoms with Crippen LogP contribution in [0.4, 0.5) is 0 Å². The Balaban J connectivity index is 2.07. The first-order chi connectivity index (χ1) is 11.0. The number of aliphatic hydroxyl groups excluding tert-OH is 1. The molecule has 0 amide bonds. The maximum Gasteiger partial charge on any atom is 0.217 e. The zero-order chi connectivity index (χ0) is 16.4. The van der Waals surface area contributed by atoms with Gasteiger partial charge in [-0.1, -0.05) is 30.3 Å². The van der Waals surface area contributed by atoms with Gasteiger partial charge in [-0.3, -0.25) is 0 Å². The first-order valence-electron chi connectivity index (χ1n) is 7.64. The Labute approximate surface area is 141 Å². The van der Waals surface area contributed by atoms with E-state index in [0.29, 0.717) is 12.5 Å². The van der Waals surface area contributed by atoms with E-state index in [2.05, 4.69) is 4.99 Å². The molecule has 0 saturated carbocycles. The highest BCUT2D eigenvalue weighted by atomic mass is 32.2. The molecular formula is C19H21NO2S. The van der Waals surface area contributed by atoms with E-state index in [-0.39, 0.29) is 5.54 Å². The molecule has 1 unspecified atom stereocenters. The SMILES string of the molecule is CSc1ccc(C2=NC(C)(C)CO2)c(C(O)c2ccccc2)c1. The summed E-state index contributed by atoms with van der Waals surface area (Å²) in [5, 5.41) is 10.9. The summed E-state index contributed by atoms with van der Waals surface area (Å²) in [7, 11) is 0. The van der Waals surface area contributed by atoms with E-state index >= 15 is 0 Å². The lowest BCUT2D eigenvalue weighted by Gasteiger charge is -2.17. The Morgan fingerprint density at radius 1 is 1.17 bits per heavy atom. The van der Waals surface area contributed by atoms with Crippen LogP contribution in [-0.2, 0) is 4.74 Å². The predicted octanol–water partition coefficient (Wildman–Crippen LogP) is 4.05. The van der Waals surface area contributed by atoms with Gasteiger partial charge in [0.25, 0.3) is 0 Å². The van der Waals surface area contributed by atoms with Gasteiger partial charge in [0.2, 0.25) is 5.90 Å². The second-order valence-corrected chi connectivity index (χ2v) is 7.16. The molecule has 2 aromatic rings. The summed E-state index contributed by atoms with van der Waals surface area (Å²) in [6.45, 7) is 4.65. The van der Waals surface area contributed by atoms with Crippen LogP contribution >= 0.6 is 11.8 Å². The smallest absolute Gasteiger partial charge is 0.217 e. The molecule has 3 nitrogen and oxygen atoms in total. The van der Waals surface area contributed by atoms with Crippen LogP contribution < -0.4 is 0 Å². The number of benzene rings is 2. The van der Waals surface area contributed by atoms with Crippen LogP contribution in [0.3, 0.4) is 0 Å². The summed E-state index contributed by atoms with van der Waals surface area (Å²) in [5.41, 5.74) is 2.34. The minimum absolute atomic E-state index is 0.220. The van der Waals surface area contributed by atoms with Crippen molar-refractivity contribution in [1.29, 1.82) is 0 Å². The summed E-state index contributed by atoms with van der Waals surface area (Å²) in [6, 6.07) is 15.7. The normalized spacial score (nSPS) is 17.5. The fraction of sp³-hybridized carbons (Fsp3) is 0.316. The topological polar surface area (TPSA) is 41.8 Å². The largest absolute Gasteiger partial charge is 0.475 e. The fourth-order valence-corrected chi connectivity index (χ4v) is 3.07. The molecular weight excluding hydrogens is 306 g/mol. The molecule has 0 radical (unpaired) electrons. The van der Waals surface area contributed by atoms with Crippen molar-refractivity contribution in [2.24, 2.45) is 4.99 Å². The number of hydrogen-bond acceptors (Lipinski definition) is 4. The quantitative estimate of drug-likeness (QED) is 0.862. The number of thioether (sulfide) groups is 1. The molecule has 4 heteroatoms. The number of rotatable bonds is 4. The minimum atomic E-state index is -0.701. The summed E-state index contributed by atoms with van der Waals surface area (Å²) in [5.74, 6) is 0.618. The second kappa shape index (κ2) is 6.38. The Kier molecular flexibility index (Phi) is 4.46. The predicted molar refractivity (Wildman–Crippen MR) is 95.3 cm³/mol. The summed E-state index contributed by atoms with van der Waals surface area (Å²) in [6.07, 6.45) is 1.33. The van der Waals surface area contributed by atoms with Crippen LogP contribution in [0.5, 0.6) is 0 Å². The van der Waals surface area contributed by atoms with Crippen molar-refractivity contribution in [3.8, 4) is 0 Å². The Hall–Kier alpha value is -1.78. The minimum Gasteiger partial charge on any atom is -0.475 e. The highest BCUT2D eigenvalue weighted by Gasteiger charge is 2.29. The standard InChI is InChI=1S/C19H21NO2S/c1-19(2)12-22-18(20-19)15-10-9-14(23-3)11-16(15)17(21)13-7-5-4-6-8-13/h4-11,17,21H,12H2,1-3H3. The molecule has 1 aliphatic heterocycles. The zero-order valence-electron chi connectivity index (χ0n) is 13.6. The first-order valence-corrected chi connectivity index (χ1v) is 8.86. The second-order valence-electron chi connectivity index (χ2n) is 6.28. The van der Waals surface area contributed by atoms with Crippen LogP contribution in [0, 0.1) is 0 Å². The molecule has 120 valence electrons. The molecule has 0 spiro atoms. The van der Waals surface area contributed by atoms with E-state index in [1.807, 2.05) is 68.6 Å². The molecule has 1 N–H and O–H groups in total. The fourth-order valence-electron chi connectivity index (χ4n) is 2.63. The summed E-state index contributed by atoms with van der Waals surface area (Å²) < 4.78 is 5.79. The van der Waals surface area contributed by atoms with E-state index < -0.39 is 6.10 Å². The molecule has 1 aliphatic rings. The maximum atomic E-state index is 10.9. The van der Waals surface area contributed by atoms with Gasteiger partial charge in [-0.25, -0.2) is 4.99 Å². The lowest BCUT2D eigenvalue weighted by molar-refractivity contribution is 0.219. The summed E-state index contributed by atoms with van der Waals surface area (Å²) in [4.78, 5) is 5.77. The highest BCUT2D eigenvalue weighted by molar-refractivity contribution is 7.98. The monoisotopic (exact) mass is 327 g/mol. The van der Waals surface area contributed by atoms with E-state index in [4.69, 9.17) is 4.74 Å². The third kappa shape index (κ3) is 3.43. The van der Waals surface area contributed by atoms with Crippen LogP contribution in [0.1, 0.15) is 36.6 Å². The highest BCUT2D eigenvalue weighted by Crippen LogP contribution is 2.31. The molecule has 2 aromatic carbocycles. The molecule has 0 aromatic heterocycles. The molecule has 3 rings (SSSR count). The van der Waals surface area contributed by atoms with Gasteiger partial charge in [-0.2, -0.15) is 0 Å². The lowest BCUT2D eigenvalue weighted by atomic mass is 9.96. The number of hydrogen-bond donors (Lipinski definition) is 1. The van der Waals surface area contributed by atoms with Crippen molar-refractivity contribution in [2.45, 2.75) is 30.4 Å². The number of aliphatic imine (C=N–C) groups is 1. The van der Waals surface area contributed by atoms with Crippen LogP contribution in [0.15, 0.2) is 58.4 Å². The van der Waals surface area contributed by atoms with Crippen molar-refractivity contribution in [3.63, 3.8) is 0 Å². The number of aliphatic hydroxyl groups is 1. The van der Waals surface area contributed by atoms with Crippen LogP contribution in [-0.4, -0.2) is 29.4 Å². The third-order valence-corrected chi connectivity index (χ3v) is 4.59. The van der Waals surface area contributed by atoms with Crippen molar-refractivity contribution in [1.82, 2.24) is 0 Å². The maximum absolute atomic E-state index is 10.9. The average Bonchev–Trinajstić information content (AvgIpc) is 2.94. The van der Waals surface area contributed by atoms with Crippen molar-refractivity contribution in [2.75, 3.05) is 12.9 Å². The van der Waals surface area contributed by atoms with Crippen molar-refractivity contribution >= 4 is 17.7 Å². The van der Waals surface area contributed by atoms with Gasteiger partial charge in [0.05, 0.1) is 5.54 Å². The van der Waals surface area contributed by atoms with Crippen molar-refractivity contribution in [3.05, 3.63) is 65.2 Å². The van der Waals surface area contributed by atoms with E-state index in [9.17, 15) is 5.11 Å². The molecule has 1 atom stereocenters. The Morgan fingerprint density at radius 3 is 2.52 bits per heavy atom. The lowest BCUT2D eigenvalue weighted by Crippen LogP contribution is -2.17. The number of nitrogens with zero attached hydrogens (tertiary/aromatic N) is 1. The van der Waals surface area contributed by atoms with Gasteiger partial charge < -0.3 is 9.84 Å². The Morgan fingerprint density at radius 2 is 1.91 bits per heavy atom. The van der Waals surface area contributed by atoms with E-state index in [1.54, 1.807) is 11.8 Å². The van der Waals surface area contributed by atoms with Crippen LogP contribution in [0.2, 0.25) is 0 Å². The van der Waals surface area contributed by atoms with Crippen molar-refractivity contribution < 1.29 is 9.84 Å². The van der Waals surface area contributed by atoms with Gasteiger partial charge in [0.15, 0.2) is 0 Å².